The normalized spacial score (nSPS) is 13.3. The zero-order valence-electron chi connectivity index (χ0n) is 7.29. The van der Waals surface area contributed by atoms with Crippen molar-refractivity contribution in [3.05, 3.63) is 11.3 Å². The molecule has 0 aliphatic rings. The van der Waals surface area contributed by atoms with Crippen molar-refractivity contribution in [2.75, 3.05) is 0 Å². The summed E-state index contributed by atoms with van der Waals surface area (Å²) < 4.78 is 4.74. The molecule has 3 nitrogen and oxygen atoms in total. The second-order valence-corrected chi connectivity index (χ2v) is 2.35. The van der Waals surface area contributed by atoms with Crippen LogP contribution in [0, 0.1) is 0 Å². The van der Waals surface area contributed by atoms with E-state index >= 15 is 0 Å². The monoisotopic (exact) mass is 160 g/mol. The van der Waals surface area contributed by atoms with Gasteiger partial charge in [-0.25, -0.2) is 0 Å². The molecule has 2 N–H and O–H groups in total. The van der Waals surface area contributed by atoms with Crippen LogP contribution in [-0.4, -0.2) is 16.7 Å². The van der Waals surface area contributed by atoms with Gasteiger partial charge in [0.2, 0.25) is 0 Å². The van der Waals surface area contributed by atoms with Gasteiger partial charge in [-0.1, -0.05) is 13.8 Å². The van der Waals surface area contributed by atoms with Crippen LogP contribution in [0.4, 0.5) is 0 Å². The number of allylic oxidation sites excluding steroid dienone is 2. The van der Waals surface area contributed by atoms with Crippen LogP contribution >= 0.6 is 0 Å². The van der Waals surface area contributed by atoms with E-state index in [-0.39, 0.29) is 0 Å². The molecule has 0 unspecified atom stereocenters. The van der Waals surface area contributed by atoms with E-state index in [1.165, 1.54) is 0 Å². The largest absolute Gasteiger partial charge is 0.446 e. The summed E-state index contributed by atoms with van der Waals surface area (Å²) >= 11 is 0. The predicted octanol–water partition coefficient (Wildman–Crippen LogP) is 1.37. The molecule has 3 heteroatoms. The number of aliphatic hydroxyl groups is 2. The summed E-state index contributed by atoms with van der Waals surface area (Å²) in [4.78, 5) is 0. The first-order valence-corrected chi connectivity index (χ1v) is 3.83. The van der Waals surface area contributed by atoms with Crippen LogP contribution in [-0.2, 0) is 4.74 Å². The Morgan fingerprint density at radius 3 is 2.09 bits per heavy atom. The molecule has 0 atom stereocenters. The van der Waals surface area contributed by atoms with Gasteiger partial charge in [0.1, 0.15) is 5.76 Å². The average molecular weight is 160 g/mol. The summed E-state index contributed by atoms with van der Waals surface area (Å²) in [5.41, 5.74) is 1.06. The summed E-state index contributed by atoms with van der Waals surface area (Å²) in [6, 6.07) is 0. The highest BCUT2D eigenvalue weighted by atomic mass is 16.7. The van der Waals surface area contributed by atoms with Gasteiger partial charge in [-0.15, -0.1) is 0 Å². The number of ether oxygens (including phenoxy) is 1. The van der Waals surface area contributed by atoms with Gasteiger partial charge in [0.05, 0.1) is 0 Å². The summed E-state index contributed by atoms with van der Waals surface area (Å²) in [5, 5.41) is 17.0. The third kappa shape index (κ3) is 4.01. The van der Waals surface area contributed by atoms with Gasteiger partial charge in [0, 0.05) is 6.42 Å². The first kappa shape index (κ1) is 10.5. The van der Waals surface area contributed by atoms with E-state index in [2.05, 4.69) is 0 Å². The zero-order chi connectivity index (χ0) is 8.85. The molecule has 0 radical (unpaired) electrons. The molecule has 66 valence electrons. The molecule has 0 spiro atoms. The third-order valence-electron chi connectivity index (χ3n) is 1.58. The predicted molar refractivity (Wildman–Crippen MR) is 42.6 cm³/mol. The Bertz CT molecular complexity index is 138. The lowest BCUT2D eigenvalue weighted by atomic mass is 10.2. The van der Waals surface area contributed by atoms with Crippen molar-refractivity contribution in [3.8, 4) is 0 Å². The van der Waals surface area contributed by atoms with Crippen molar-refractivity contribution in [1.29, 1.82) is 0 Å². The Morgan fingerprint density at radius 1 is 1.27 bits per heavy atom. The molecule has 0 aromatic carbocycles. The SMILES string of the molecule is CCC(C)=C(CC)OC(O)O. The smallest absolute Gasteiger partial charge is 0.310 e. The van der Waals surface area contributed by atoms with Crippen LogP contribution in [0.3, 0.4) is 0 Å². The second kappa shape index (κ2) is 5.16. The molecule has 0 rings (SSSR count). The van der Waals surface area contributed by atoms with Crippen LogP contribution in [0.1, 0.15) is 33.6 Å². The Hall–Kier alpha value is -0.540. The van der Waals surface area contributed by atoms with E-state index in [0.29, 0.717) is 12.2 Å². The summed E-state index contributed by atoms with van der Waals surface area (Å²) in [6.45, 7) is 4.14. The van der Waals surface area contributed by atoms with Crippen LogP contribution in [0.15, 0.2) is 11.3 Å². The van der Waals surface area contributed by atoms with E-state index in [1.54, 1.807) is 0 Å². The quantitative estimate of drug-likeness (QED) is 0.482. The molecule has 0 heterocycles. The number of rotatable bonds is 4. The molecule has 0 saturated heterocycles. The first-order chi connectivity index (χ1) is 5.11. The molecular formula is C8H16O3. The van der Waals surface area contributed by atoms with E-state index in [9.17, 15) is 0 Å². The highest BCUT2D eigenvalue weighted by molar-refractivity contribution is 5.04. The van der Waals surface area contributed by atoms with E-state index < -0.39 is 6.48 Å². The minimum absolute atomic E-state index is 0.669. The molecule has 0 aromatic heterocycles. The Labute approximate surface area is 67.3 Å². The third-order valence-corrected chi connectivity index (χ3v) is 1.58. The maximum absolute atomic E-state index is 8.50. The van der Waals surface area contributed by atoms with Crippen molar-refractivity contribution in [1.82, 2.24) is 0 Å². The zero-order valence-corrected chi connectivity index (χ0v) is 7.29. The summed E-state index contributed by atoms with van der Waals surface area (Å²) in [7, 11) is 0. The van der Waals surface area contributed by atoms with Crippen LogP contribution < -0.4 is 0 Å². The molecule has 0 aliphatic carbocycles. The molecule has 11 heavy (non-hydrogen) atoms. The van der Waals surface area contributed by atoms with Gasteiger partial charge in [-0.2, -0.15) is 0 Å². The van der Waals surface area contributed by atoms with Crippen molar-refractivity contribution >= 4 is 0 Å². The highest BCUT2D eigenvalue weighted by Crippen LogP contribution is 2.13. The molecule has 0 bridgehead atoms. The maximum Gasteiger partial charge on any atom is 0.310 e. The fraction of sp³-hybridized carbons (Fsp3) is 0.750. The molecule has 0 aromatic rings. The standard InChI is InChI=1S/C8H16O3/c1-4-6(3)7(5-2)11-8(9)10/h8-10H,4-5H2,1-3H3. The lowest BCUT2D eigenvalue weighted by molar-refractivity contribution is -0.213. The van der Waals surface area contributed by atoms with Gasteiger partial charge < -0.3 is 14.9 Å². The summed E-state index contributed by atoms with van der Waals surface area (Å²) in [6.07, 6.45) is 1.56. The Morgan fingerprint density at radius 2 is 1.82 bits per heavy atom. The molecule has 0 saturated carbocycles. The van der Waals surface area contributed by atoms with Crippen LogP contribution in [0.5, 0.6) is 0 Å². The fourth-order valence-electron chi connectivity index (χ4n) is 0.810. The Kier molecular flexibility index (Phi) is 4.90. The average Bonchev–Trinajstić information content (AvgIpc) is 1.98. The molecular weight excluding hydrogens is 144 g/mol. The maximum atomic E-state index is 8.50. The van der Waals surface area contributed by atoms with Crippen molar-refractivity contribution in [2.45, 2.75) is 40.1 Å². The van der Waals surface area contributed by atoms with Crippen molar-refractivity contribution in [2.24, 2.45) is 0 Å². The topological polar surface area (TPSA) is 49.7 Å². The number of aliphatic hydroxyl groups excluding tert-OH is 1. The van der Waals surface area contributed by atoms with Crippen molar-refractivity contribution < 1.29 is 14.9 Å². The van der Waals surface area contributed by atoms with Crippen LogP contribution in [0.25, 0.3) is 0 Å². The minimum atomic E-state index is -1.69. The second-order valence-electron chi connectivity index (χ2n) is 2.35. The minimum Gasteiger partial charge on any atom is -0.446 e. The lowest BCUT2D eigenvalue weighted by Crippen LogP contribution is -2.10. The lowest BCUT2D eigenvalue weighted by Gasteiger charge is -2.12. The number of hydrogen-bond donors (Lipinski definition) is 2. The Balaban J connectivity index is 4.14. The summed E-state index contributed by atoms with van der Waals surface area (Å²) in [5.74, 6) is 0.669. The van der Waals surface area contributed by atoms with Gasteiger partial charge in [0.15, 0.2) is 0 Å². The van der Waals surface area contributed by atoms with Gasteiger partial charge in [-0.3, -0.25) is 0 Å². The number of hydrogen-bond acceptors (Lipinski definition) is 3. The highest BCUT2D eigenvalue weighted by Gasteiger charge is 2.03. The van der Waals surface area contributed by atoms with E-state index in [0.717, 1.165) is 12.0 Å². The van der Waals surface area contributed by atoms with E-state index in [1.807, 2.05) is 20.8 Å². The molecule has 0 aliphatic heterocycles. The van der Waals surface area contributed by atoms with Gasteiger partial charge >= 0.3 is 6.48 Å². The van der Waals surface area contributed by atoms with Gasteiger partial charge in [0.25, 0.3) is 0 Å². The van der Waals surface area contributed by atoms with E-state index in [4.69, 9.17) is 14.9 Å². The first-order valence-electron chi connectivity index (χ1n) is 3.83. The fourth-order valence-corrected chi connectivity index (χ4v) is 0.810. The van der Waals surface area contributed by atoms with Gasteiger partial charge in [-0.05, 0) is 18.9 Å². The molecule has 0 fully saturated rings. The van der Waals surface area contributed by atoms with Crippen molar-refractivity contribution in [3.63, 3.8) is 0 Å². The van der Waals surface area contributed by atoms with Crippen LogP contribution in [0.2, 0.25) is 0 Å². The molecule has 0 amide bonds.